The summed E-state index contributed by atoms with van der Waals surface area (Å²) in [5.74, 6) is 0.907. The van der Waals surface area contributed by atoms with Crippen LogP contribution in [0.3, 0.4) is 0 Å². The third-order valence-corrected chi connectivity index (χ3v) is 2.70. The highest BCUT2D eigenvalue weighted by molar-refractivity contribution is 5.34. The van der Waals surface area contributed by atoms with Crippen LogP contribution in [0.2, 0.25) is 0 Å². The van der Waals surface area contributed by atoms with E-state index in [-0.39, 0.29) is 0 Å². The van der Waals surface area contributed by atoms with Gasteiger partial charge in [0.15, 0.2) is 0 Å². The standard InChI is InChI=1S/C14H18N4/c1-15-14-5-3-4-13(17-14)11-18(2)10-12-6-8-16-9-7-12/h3-9H,10-11H2,1-2H3,(H,15,17). The average Bonchev–Trinajstić information content (AvgIpc) is 2.40. The van der Waals surface area contributed by atoms with Crippen LogP contribution in [0.5, 0.6) is 0 Å². The van der Waals surface area contributed by atoms with Gasteiger partial charge in [0.25, 0.3) is 0 Å². The van der Waals surface area contributed by atoms with Crippen molar-refractivity contribution >= 4 is 5.82 Å². The maximum absolute atomic E-state index is 4.51. The van der Waals surface area contributed by atoms with Crippen molar-refractivity contribution in [3.63, 3.8) is 0 Å². The number of pyridine rings is 2. The minimum atomic E-state index is 0.831. The molecule has 0 unspecified atom stereocenters. The van der Waals surface area contributed by atoms with Gasteiger partial charge in [0.05, 0.1) is 5.69 Å². The van der Waals surface area contributed by atoms with Crippen LogP contribution in [-0.4, -0.2) is 29.0 Å². The van der Waals surface area contributed by atoms with E-state index in [0.717, 1.165) is 24.6 Å². The van der Waals surface area contributed by atoms with Crippen LogP contribution in [0.15, 0.2) is 42.7 Å². The van der Waals surface area contributed by atoms with Crippen LogP contribution in [0.25, 0.3) is 0 Å². The topological polar surface area (TPSA) is 41.0 Å². The molecule has 0 aliphatic carbocycles. The van der Waals surface area contributed by atoms with Crippen LogP contribution in [0, 0.1) is 0 Å². The van der Waals surface area contributed by atoms with Crippen molar-refractivity contribution in [2.24, 2.45) is 0 Å². The Hall–Kier alpha value is -1.94. The van der Waals surface area contributed by atoms with Gasteiger partial charge in [0, 0.05) is 32.5 Å². The number of hydrogen-bond donors (Lipinski definition) is 1. The molecule has 0 radical (unpaired) electrons. The van der Waals surface area contributed by atoms with Gasteiger partial charge in [-0.15, -0.1) is 0 Å². The highest BCUT2D eigenvalue weighted by Crippen LogP contribution is 2.08. The molecule has 0 spiro atoms. The molecule has 0 bridgehead atoms. The maximum atomic E-state index is 4.51. The van der Waals surface area contributed by atoms with Crippen molar-refractivity contribution in [2.75, 3.05) is 19.4 Å². The molecule has 2 rings (SSSR count). The van der Waals surface area contributed by atoms with E-state index in [2.05, 4.69) is 27.2 Å². The fraction of sp³-hybridized carbons (Fsp3) is 0.286. The molecule has 0 aromatic carbocycles. The van der Waals surface area contributed by atoms with Gasteiger partial charge in [-0.05, 0) is 36.9 Å². The average molecular weight is 242 g/mol. The molecule has 0 fully saturated rings. The Morgan fingerprint density at radius 1 is 1.11 bits per heavy atom. The van der Waals surface area contributed by atoms with E-state index in [9.17, 15) is 0 Å². The lowest BCUT2D eigenvalue weighted by Crippen LogP contribution is -2.18. The summed E-state index contributed by atoms with van der Waals surface area (Å²) in [6, 6.07) is 10.1. The van der Waals surface area contributed by atoms with Crippen LogP contribution >= 0.6 is 0 Å². The summed E-state index contributed by atoms with van der Waals surface area (Å²) in [5.41, 5.74) is 2.33. The summed E-state index contributed by atoms with van der Waals surface area (Å²) in [7, 11) is 3.97. The van der Waals surface area contributed by atoms with Gasteiger partial charge in [0.1, 0.15) is 5.82 Å². The van der Waals surface area contributed by atoms with E-state index in [1.807, 2.05) is 49.8 Å². The lowest BCUT2D eigenvalue weighted by molar-refractivity contribution is 0.315. The second-order valence-electron chi connectivity index (χ2n) is 4.29. The van der Waals surface area contributed by atoms with Gasteiger partial charge in [-0.3, -0.25) is 9.88 Å². The molecule has 18 heavy (non-hydrogen) atoms. The first-order valence-corrected chi connectivity index (χ1v) is 5.99. The lowest BCUT2D eigenvalue weighted by Gasteiger charge is -2.16. The Balaban J connectivity index is 1.96. The molecular formula is C14H18N4. The van der Waals surface area contributed by atoms with Gasteiger partial charge in [-0.2, -0.15) is 0 Å². The van der Waals surface area contributed by atoms with E-state index in [4.69, 9.17) is 0 Å². The normalized spacial score (nSPS) is 10.6. The van der Waals surface area contributed by atoms with Crippen molar-refractivity contribution in [3.8, 4) is 0 Å². The molecule has 0 saturated heterocycles. The molecule has 4 heteroatoms. The number of aromatic nitrogens is 2. The number of anilines is 1. The van der Waals surface area contributed by atoms with Crippen molar-refractivity contribution in [1.29, 1.82) is 0 Å². The Bertz CT molecular complexity index is 484. The smallest absolute Gasteiger partial charge is 0.126 e. The molecule has 2 aromatic heterocycles. The number of nitrogens with one attached hydrogen (secondary N) is 1. The Morgan fingerprint density at radius 3 is 2.61 bits per heavy atom. The number of rotatable bonds is 5. The van der Waals surface area contributed by atoms with Gasteiger partial charge in [-0.25, -0.2) is 4.98 Å². The largest absolute Gasteiger partial charge is 0.373 e. The zero-order valence-corrected chi connectivity index (χ0v) is 10.8. The van der Waals surface area contributed by atoms with Crippen molar-refractivity contribution in [2.45, 2.75) is 13.1 Å². The summed E-state index contributed by atoms with van der Waals surface area (Å²) in [4.78, 5) is 10.8. The minimum Gasteiger partial charge on any atom is -0.373 e. The predicted octanol–water partition coefficient (Wildman–Crippen LogP) is 2.15. The molecule has 2 aromatic rings. The zero-order valence-electron chi connectivity index (χ0n) is 10.8. The second kappa shape index (κ2) is 6.12. The molecule has 0 amide bonds. The third kappa shape index (κ3) is 3.53. The fourth-order valence-electron chi connectivity index (χ4n) is 1.84. The first-order valence-electron chi connectivity index (χ1n) is 5.99. The zero-order chi connectivity index (χ0) is 12.8. The first kappa shape index (κ1) is 12.5. The quantitative estimate of drug-likeness (QED) is 0.872. The van der Waals surface area contributed by atoms with E-state index < -0.39 is 0 Å². The monoisotopic (exact) mass is 242 g/mol. The summed E-state index contributed by atoms with van der Waals surface area (Å²) in [6.07, 6.45) is 3.64. The fourth-order valence-corrected chi connectivity index (χ4v) is 1.84. The minimum absolute atomic E-state index is 0.831. The second-order valence-corrected chi connectivity index (χ2v) is 4.29. The molecule has 1 N–H and O–H groups in total. The molecule has 4 nitrogen and oxygen atoms in total. The van der Waals surface area contributed by atoms with Gasteiger partial charge in [-0.1, -0.05) is 6.07 Å². The highest BCUT2D eigenvalue weighted by Gasteiger charge is 2.03. The molecule has 94 valence electrons. The number of nitrogens with zero attached hydrogens (tertiary/aromatic N) is 3. The SMILES string of the molecule is CNc1cccc(CN(C)Cc2ccncc2)n1. The lowest BCUT2D eigenvalue weighted by atomic mass is 10.2. The summed E-state index contributed by atoms with van der Waals surface area (Å²) >= 11 is 0. The van der Waals surface area contributed by atoms with Crippen molar-refractivity contribution in [3.05, 3.63) is 54.0 Å². The van der Waals surface area contributed by atoms with Gasteiger partial charge in [0.2, 0.25) is 0 Å². The van der Waals surface area contributed by atoms with E-state index in [0.29, 0.717) is 0 Å². The third-order valence-electron chi connectivity index (χ3n) is 2.70. The molecule has 0 aliphatic rings. The van der Waals surface area contributed by atoms with Crippen LogP contribution < -0.4 is 5.32 Å². The van der Waals surface area contributed by atoms with Gasteiger partial charge < -0.3 is 5.32 Å². The maximum Gasteiger partial charge on any atom is 0.126 e. The highest BCUT2D eigenvalue weighted by atomic mass is 15.1. The van der Waals surface area contributed by atoms with E-state index in [1.54, 1.807) is 0 Å². The Labute approximate surface area is 108 Å². The van der Waals surface area contributed by atoms with E-state index >= 15 is 0 Å². The molecule has 0 aliphatic heterocycles. The van der Waals surface area contributed by atoms with Crippen molar-refractivity contribution < 1.29 is 0 Å². The Morgan fingerprint density at radius 2 is 1.89 bits per heavy atom. The molecule has 0 atom stereocenters. The van der Waals surface area contributed by atoms with Crippen LogP contribution in [-0.2, 0) is 13.1 Å². The van der Waals surface area contributed by atoms with E-state index in [1.165, 1.54) is 5.56 Å². The summed E-state index contributed by atoms with van der Waals surface area (Å²) in [6.45, 7) is 1.73. The van der Waals surface area contributed by atoms with Crippen LogP contribution in [0.1, 0.15) is 11.3 Å². The molecule has 0 saturated carbocycles. The van der Waals surface area contributed by atoms with Crippen molar-refractivity contribution in [1.82, 2.24) is 14.9 Å². The summed E-state index contributed by atoms with van der Waals surface area (Å²) < 4.78 is 0. The Kier molecular flexibility index (Phi) is 4.25. The first-order chi connectivity index (χ1) is 8.78. The molecule has 2 heterocycles. The predicted molar refractivity (Wildman–Crippen MR) is 73.2 cm³/mol. The van der Waals surface area contributed by atoms with Crippen LogP contribution in [0.4, 0.5) is 5.82 Å². The molecular weight excluding hydrogens is 224 g/mol. The van der Waals surface area contributed by atoms with Gasteiger partial charge >= 0.3 is 0 Å². The summed E-state index contributed by atoms with van der Waals surface area (Å²) in [5, 5.41) is 3.05. The number of hydrogen-bond acceptors (Lipinski definition) is 4.